The van der Waals surface area contributed by atoms with Crippen molar-refractivity contribution in [2.45, 2.75) is 32.1 Å². The molecule has 0 saturated carbocycles. The third-order valence-electron chi connectivity index (χ3n) is 4.16. The van der Waals surface area contributed by atoms with E-state index in [4.69, 9.17) is 0 Å². The van der Waals surface area contributed by atoms with Crippen molar-refractivity contribution in [3.8, 4) is 0 Å². The molecule has 0 radical (unpaired) electrons. The van der Waals surface area contributed by atoms with Gasteiger partial charge in [0.1, 0.15) is 5.82 Å². The Morgan fingerprint density at radius 1 is 1.12 bits per heavy atom. The van der Waals surface area contributed by atoms with Crippen LogP contribution in [0.2, 0.25) is 0 Å². The van der Waals surface area contributed by atoms with E-state index in [-0.39, 0.29) is 17.5 Å². The van der Waals surface area contributed by atoms with Gasteiger partial charge in [-0.2, -0.15) is 5.21 Å². The number of carbonyl (C=O) groups excluding carboxylic acids is 1. The Kier molecular flexibility index (Phi) is 5.36. The van der Waals surface area contributed by atoms with Crippen LogP contribution in [0.3, 0.4) is 0 Å². The molecule has 0 aliphatic heterocycles. The summed E-state index contributed by atoms with van der Waals surface area (Å²) in [4.78, 5) is 12.8. The van der Waals surface area contributed by atoms with Crippen molar-refractivity contribution in [1.29, 1.82) is 0 Å². The highest BCUT2D eigenvalue weighted by atomic mass is 19.1. The Hall–Kier alpha value is -3.09. The van der Waals surface area contributed by atoms with Gasteiger partial charge in [-0.05, 0) is 47.7 Å². The van der Waals surface area contributed by atoms with Crippen molar-refractivity contribution in [3.05, 3.63) is 71.3 Å². The number of hydrogen-bond acceptors (Lipinski definition) is 4. The molecule has 0 bridgehead atoms. The lowest BCUT2D eigenvalue weighted by molar-refractivity contribution is -0.117. The third kappa shape index (κ3) is 4.30. The van der Waals surface area contributed by atoms with Gasteiger partial charge in [0.25, 0.3) is 0 Å². The monoisotopic (exact) mass is 352 g/mol. The first kappa shape index (κ1) is 17.7. The van der Waals surface area contributed by atoms with E-state index >= 15 is 0 Å². The quantitative estimate of drug-likeness (QED) is 0.737. The van der Waals surface area contributed by atoms with Crippen LogP contribution in [0.1, 0.15) is 42.6 Å². The number of anilines is 1. The molecule has 3 rings (SSSR count). The molecule has 1 N–H and O–H groups in total. The number of tetrazole rings is 1. The third-order valence-corrected chi connectivity index (χ3v) is 4.16. The van der Waals surface area contributed by atoms with E-state index in [2.05, 4.69) is 39.8 Å². The zero-order valence-electron chi connectivity index (χ0n) is 14.6. The molecule has 1 aromatic heterocycles. The van der Waals surface area contributed by atoms with Gasteiger partial charge in [-0.25, -0.2) is 4.39 Å². The van der Waals surface area contributed by atoms with Crippen LogP contribution in [0, 0.1) is 5.82 Å². The maximum Gasteiger partial charge on any atom is 0.232 e. The SMILES string of the molecule is CC(C)c1ccc(NC(=O)[C@@H](Cc2ccc(F)cc2)c2nnn[n-]2)cc1. The number of benzene rings is 2. The standard InChI is InChI=1S/C19H20FN5O/c1-12(2)14-5-9-16(10-6-14)21-19(26)17(18-22-24-25-23-18)11-13-3-7-15(20)8-4-13/h3-10,12,17H,11H2,1-2H3,(H2,21,22,23,24,25,26)/p-1/t17-/m0/s1. The average Bonchev–Trinajstić information content (AvgIpc) is 3.16. The summed E-state index contributed by atoms with van der Waals surface area (Å²) >= 11 is 0. The number of rotatable bonds is 6. The molecule has 26 heavy (non-hydrogen) atoms. The summed E-state index contributed by atoms with van der Waals surface area (Å²) in [5.41, 5.74) is 2.68. The fraction of sp³-hybridized carbons (Fsp3) is 0.263. The largest absolute Gasteiger partial charge is 0.335 e. The first-order valence-electron chi connectivity index (χ1n) is 8.37. The summed E-state index contributed by atoms with van der Waals surface area (Å²) in [5, 5.41) is 17.5. The van der Waals surface area contributed by atoms with Crippen LogP contribution < -0.4 is 10.4 Å². The topological polar surface area (TPSA) is 81.9 Å². The number of amides is 1. The Morgan fingerprint density at radius 2 is 1.81 bits per heavy atom. The minimum Gasteiger partial charge on any atom is -0.335 e. The first-order chi connectivity index (χ1) is 12.5. The van der Waals surface area contributed by atoms with Crippen molar-refractivity contribution in [2.24, 2.45) is 0 Å². The average molecular weight is 352 g/mol. The van der Waals surface area contributed by atoms with Crippen molar-refractivity contribution < 1.29 is 9.18 Å². The summed E-state index contributed by atoms with van der Waals surface area (Å²) in [7, 11) is 0. The number of nitrogens with one attached hydrogen (secondary N) is 1. The molecule has 134 valence electrons. The second-order valence-electron chi connectivity index (χ2n) is 6.39. The van der Waals surface area contributed by atoms with Gasteiger partial charge in [-0.3, -0.25) is 15.1 Å². The van der Waals surface area contributed by atoms with Crippen molar-refractivity contribution in [3.63, 3.8) is 0 Å². The molecule has 0 saturated heterocycles. The molecular weight excluding hydrogens is 333 g/mol. The van der Waals surface area contributed by atoms with Crippen LogP contribution >= 0.6 is 0 Å². The molecule has 3 aromatic rings. The maximum absolute atomic E-state index is 13.1. The fourth-order valence-corrected chi connectivity index (χ4v) is 2.63. The smallest absolute Gasteiger partial charge is 0.232 e. The van der Waals surface area contributed by atoms with Gasteiger partial charge in [-0.1, -0.05) is 38.1 Å². The highest BCUT2D eigenvalue weighted by Gasteiger charge is 2.21. The van der Waals surface area contributed by atoms with Crippen LogP contribution in [0.5, 0.6) is 0 Å². The molecule has 1 amide bonds. The zero-order chi connectivity index (χ0) is 18.5. The summed E-state index contributed by atoms with van der Waals surface area (Å²) in [6, 6.07) is 13.7. The van der Waals surface area contributed by atoms with Gasteiger partial charge >= 0.3 is 0 Å². The number of aromatic nitrogens is 4. The lowest BCUT2D eigenvalue weighted by Crippen LogP contribution is -2.24. The fourth-order valence-electron chi connectivity index (χ4n) is 2.63. The van der Waals surface area contributed by atoms with Gasteiger partial charge in [-0.15, -0.1) is 0 Å². The summed E-state index contributed by atoms with van der Waals surface area (Å²) < 4.78 is 13.1. The predicted octanol–water partition coefficient (Wildman–Crippen LogP) is 3.06. The minimum atomic E-state index is -0.666. The van der Waals surface area contributed by atoms with E-state index in [0.29, 0.717) is 18.0 Å². The summed E-state index contributed by atoms with van der Waals surface area (Å²) in [5.74, 6) is -0.596. The predicted molar refractivity (Wildman–Crippen MR) is 95.2 cm³/mol. The Bertz CT molecular complexity index is 845. The number of halogens is 1. The van der Waals surface area contributed by atoms with Crippen LogP contribution in [-0.2, 0) is 11.2 Å². The molecule has 0 aliphatic carbocycles. The molecule has 0 fully saturated rings. The van der Waals surface area contributed by atoms with Gasteiger partial charge in [0.05, 0.1) is 5.92 Å². The second-order valence-corrected chi connectivity index (χ2v) is 6.39. The second kappa shape index (κ2) is 7.86. The van der Waals surface area contributed by atoms with E-state index in [1.165, 1.54) is 17.7 Å². The minimum absolute atomic E-state index is 0.241. The molecule has 0 unspecified atom stereocenters. The Labute approximate surface area is 150 Å². The number of hydrogen-bond donors (Lipinski definition) is 1. The summed E-state index contributed by atoms with van der Waals surface area (Å²) in [6.07, 6.45) is 0.323. The molecule has 6 nitrogen and oxygen atoms in total. The Morgan fingerprint density at radius 3 is 2.38 bits per heavy atom. The van der Waals surface area contributed by atoms with Gasteiger partial charge < -0.3 is 10.4 Å². The lowest BCUT2D eigenvalue weighted by atomic mass is 9.97. The van der Waals surface area contributed by atoms with Crippen LogP contribution in [0.4, 0.5) is 10.1 Å². The van der Waals surface area contributed by atoms with E-state index < -0.39 is 5.92 Å². The number of carbonyl (C=O) groups is 1. The van der Waals surface area contributed by atoms with Crippen LogP contribution in [0.15, 0.2) is 48.5 Å². The van der Waals surface area contributed by atoms with E-state index in [1.807, 2.05) is 24.3 Å². The van der Waals surface area contributed by atoms with Gasteiger partial charge in [0, 0.05) is 11.5 Å². The highest BCUT2D eigenvalue weighted by molar-refractivity contribution is 5.95. The van der Waals surface area contributed by atoms with Crippen LogP contribution in [0.25, 0.3) is 0 Å². The summed E-state index contributed by atoms with van der Waals surface area (Å²) in [6.45, 7) is 4.22. The molecular formula is C19H19FN5O-. The van der Waals surface area contributed by atoms with Gasteiger partial charge in [0.15, 0.2) is 0 Å². The molecule has 0 aliphatic rings. The number of nitrogens with zero attached hydrogens (tertiary/aromatic N) is 4. The zero-order valence-corrected chi connectivity index (χ0v) is 14.6. The van der Waals surface area contributed by atoms with Crippen molar-refractivity contribution in [2.75, 3.05) is 5.32 Å². The molecule has 0 spiro atoms. The first-order valence-corrected chi connectivity index (χ1v) is 8.37. The van der Waals surface area contributed by atoms with Crippen LogP contribution in [-0.4, -0.2) is 21.4 Å². The lowest BCUT2D eigenvalue weighted by Gasteiger charge is -2.17. The van der Waals surface area contributed by atoms with E-state index in [1.54, 1.807) is 12.1 Å². The van der Waals surface area contributed by atoms with Gasteiger partial charge in [0.2, 0.25) is 5.91 Å². The Balaban J connectivity index is 1.77. The molecule has 2 aromatic carbocycles. The van der Waals surface area contributed by atoms with Crippen molar-refractivity contribution >= 4 is 11.6 Å². The van der Waals surface area contributed by atoms with E-state index in [9.17, 15) is 9.18 Å². The molecule has 1 atom stereocenters. The van der Waals surface area contributed by atoms with Crippen molar-refractivity contribution in [1.82, 2.24) is 20.6 Å². The van der Waals surface area contributed by atoms with E-state index in [0.717, 1.165) is 5.56 Å². The molecule has 1 heterocycles. The normalized spacial score (nSPS) is 12.2. The highest BCUT2D eigenvalue weighted by Crippen LogP contribution is 2.21. The maximum atomic E-state index is 13.1. The molecule has 7 heteroatoms.